The van der Waals surface area contributed by atoms with Crippen molar-refractivity contribution in [2.75, 3.05) is 0 Å². The molecule has 0 unspecified atom stereocenters. The van der Waals surface area contributed by atoms with Gasteiger partial charge in [-0.1, -0.05) is 13.0 Å². The van der Waals surface area contributed by atoms with Gasteiger partial charge in [-0.15, -0.1) is 24.0 Å². The van der Waals surface area contributed by atoms with Gasteiger partial charge in [0.05, 0.1) is 4.70 Å². The molecular formula is C10H9FS2. The average molecular weight is 212 g/mol. The summed E-state index contributed by atoms with van der Waals surface area (Å²) in [5.74, 6) is 0. The van der Waals surface area contributed by atoms with E-state index < -0.39 is 0 Å². The predicted molar refractivity (Wildman–Crippen MR) is 58.4 cm³/mol. The Morgan fingerprint density at radius 2 is 2.23 bits per heavy atom. The van der Waals surface area contributed by atoms with Crippen LogP contribution in [0.4, 0.5) is 4.39 Å². The summed E-state index contributed by atoms with van der Waals surface area (Å²) >= 11 is 5.46. The third-order valence-electron chi connectivity index (χ3n) is 2.10. The lowest BCUT2D eigenvalue weighted by Gasteiger charge is -2.00. The third-order valence-corrected chi connectivity index (χ3v) is 3.58. The molecule has 13 heavy (non-hydrogen) atoms. The molecule has 0 nitrogen and oxygen atoms in total. The van der Waals surface area contributed by atoms with Gasteiger partial charge in [-0.05, 0) is 29.5 Å². The van der Waals surface area contributed by atoms with Gasteiger partial charge in [0, 0.05) is 4.90 Å². The molecule has 0 aliphatic heterocycles. The highest BCUT2D eigenvalue weighted by Gasteiger charge is 2.07. The van der Waals surface area contributed by atoms with Crippen LogP contribution < -0.4 is 0 Å². The highest BCUT2D eigenvalue weighted by Crippen LogP contribution is 2.32. The van der Waals surface area contributed by atoms with Crippen molar-refractivity contribution >= 4 is 34.1 Å². The molecule has 1 aromatic heterocycles. The molecule has 0 saturated heterocycles. The smallest absolute Gasteiger partial charge is 0.177 e. The van der Waals surface area contributed by atoms with Crippen molar-refractivity contribution < 1.29 is 4.39 Å². The molecule has 1 aromatic carbocycles. The highest BCUT2D eigenvalue weighted by molar-refractivity contribution is 7.80. The van der Waals surface area contributed by atoms with Crippen molar-refractivity contribution in [2.45, 2.75) is 18.2 Å². The molecule has 0 saturated carbocycles. The number of halogens is 1. The van der Waals surface area contributed by atoms with Crippen LogP contribution in [0.1, 0.15) is 12.5 Å². The fraction of sp³-hybridized carbons (Fsp3) is 0.200. The number of fused-ring (bicyclic) bond motifs is 1. The largest absolute Gasteiger partial charge is 0.195 e. The normalized spacial score (nSPS) is 11.0. The third kappa shape index (κ3) is 1.46. The van der Waals surface area contributed by atoms with Crippen molar-refractivity contribution in [1.82, 2.24) is 0 Å². The maximum atomic E-state index is 13.0. The Morgan fingerprint density at radius 3 is 2.92 bits per heavy atom. The standard InChI is InChI=1S/C10H9FS2/c1-2-6-3-4-8(12)10-7(6)5-9(11)13-10/h3-5,12H,2H2,1H3. The van der Waals surface area contributed by atoms with Crippen LogP contribution in [-0.2, 0) is 6.42 Å². The van der Waals surface area contributed by atoms with Crippen LogP contribution in [0.25, 0.3) is 10.1 Å². The first-order chi connectivity index (χ1) is 6.22. The van der Waals surface area contributed by atoms with E-state index in [4.69, 9.17) is 0 Å². The van der Waals surface area contributed by atoms with E-state index in [2.05, 4.69) is 19.6 Å². The molecule has 0 radical (unpaired) electrons. The van der Waals surface area contributed by atoms with Crippen LogP contribution >= 0.6 is 24.0 Å². The number of thiol groups is 1. The lowest BCUT2D eigenvalue weighted by molar-refractivity contribution is 0.658. The molecule has 0 atom stereocenters. The minimum atomic E-state index is -0.133. The molecule has 0 fully saturated rings. The second-order valence-electron chi connectivity index (χ2n) is 2.89. The SMILES string of the molecule is CCc1ccc(S)c2sc(F)cc12. The Hall–Kier alpha value is -0.540. The Morgan fingerprint density at radius 1 is 1.46 bits per heavy atom. The minimum Gasteiger partial charge on any atom is -0.195 e. The molecule has 2 aromatic rings. The zero-order chi connectivity index (χ0) is 9.42. The Balaban J connectivity index is 2.83. The molecule has 0 amide bonds. The van der Waals surface area contributed by atoms with Gasteiger partial charge in [0.2, 0.25) is 0 Å². The number of rotatable bonds is 1. The first-order valence-corrected chi connectivity index (χ1v) is 5.38. The van der Waals surface area contributed by atoms with E-state index >= 15 is 0 Å². The van der Waals surface area contributed by atoms with Crippen LogP contribution in [0.15, 0.2) is 23.1 Å². The van der Waals surface area contributed by atoms with Crippen LogP contribution in [-0.4, -0.2) is 0 Å². The van der Waals surface area contributed by atoms with Crippen molar-refractivity contribution in [2.24, 2.45) is 0 Å². The van der Waals surface area contributed by atoms with E-state index in [0.29, 0.717) is 0 Å². The van der Waals surface area contributed by atoms with Crippen molar-refractivity contribution in [3.8, 4) is 0 Å². The molecule has 3 heteroatoms. The van der Waals surface area contributed by atoms with Gasteiger partial charge in [0.15, 0.2) is 5.13 Å². The summed E-state index contributed by atoms with van der Waals surface area (Å²) in [4.78, 5) is 0.862. The molecule has 68 valence electrons. The summed E-state index contributed by atoms with van der Waals surface area (Å²) in [5.41, 5.74) is 1.19. The Labute approximate surface area is 85.8 Å². The lowest BCUT2D eigenvalue weighted by atomic mass is 10.1. The minimum absolute atomic E-state index is 0.133. The van der Waals surface area contributed by atoms with Gasteiger partial charge in [0.1, 0.15) is 0 Å². The van der Waals surface area contributed by atoms with Crippen LogP contribution in [0, 0.1) is 5.13 Å². The fourth-order valence-corrected chi connectivity index (χ4v) is 2.62. The van der Waals surface area contributed by atoms with E-state index in [9.17, 15) is 4.39 Å². The van der Waals surface area contributed by atoms with Gasteiger partial charge in [-0.3, -0.25) is 0 Å². The second-order valence-corrected chi connectivity index (χ2v) is 4.37. The number of hydrogen-bond donors (Lipinski definition) is 1. The van der Waals surface area contributed by atoms with Gasteiger partial charge in [-0.25, -0.2) is 0 Å². The molecule has 0 aliphatic rings. The van der Waals surface area contributed by atoms with Crippen molar-refractivity contribution in [3.05, 3.63) is 28.9 Å². The summed E-state index contributed by atoms with van der Waals surface area (Å²) in [7, 11) is 0. The van der Waals surface area contributed by atoms with Gasteiger partial charge < -0.3 is 0 Å². The van der Waals surface area contributed by atoms with Crippen LogP contribution in [0.3, 0.4) is 0 Å². The number of aryl methyl sites for hydroxylation is 1. The maximum Gasteiger partial charge on any atom is 0.177 e. The van der Waals surface area contributed by atoms with Gasteiger partial charge in [-0.2, -0.15) is 4.39 Å². The number of benzene rings is 1. The number of hydrogen-bond acceptors (Lipinski definition) is 2. The second kappa shape index (κ2) is 3.31. The van der Waals surface area contributed by atoms with E-state index in [-0.39, 0.29) is 5.13 Å². The monoisotopic (exact) mass is 212 g/mol. The summed E-state index contributed by atoms with van der Waals surface area (Å²) in [6, 6.07) is 5.54. The first-order valence-electron chi connectivity index (χ1n) is 4.12. The highest BCUT2D eigenvalue weighted by atomic mass is 32.1. The van der Waals surface area contributed by atoms with Crippen molar-refractivity contribution in [3.63, 3.8) is 0 Å². The molecule has 2 rings (SSSR count). The molecule has 0 spiro atoms. The molecule has 0 bridgehead atoms. The number of thiophene rings is 1. The summed E-state index contributed by atoms with van der Waals surface area (Å²) < 4.78 is 14.0. The lowest BCUT2D eigenvalue weighted by Crippen LogP contribution is -1.80. The quantitative estimate of drug-likeness (QED) is 0.681. The van der Waals surface area contributed by atoms with E-state index in [1.54, 1.807) is 6.07 Å². The van der Waals surface area contributed by atoms with Crippen LogP contribution in [0.2, 0.25) is 0 Å². The van der Waals surface area contributed by atoms with E-state index in [1.807, 2.05) is 12.1 Å². The average Bonchev–Trinajstić information content (AvgIpc) is 2.48. The maximum absolute atomic E-state index is 13.0. The fourth-order valence-electron chi connectivity index (χ4n) is 1.44. The molecular weight excluding hydrogens is 203 g/mol. The van der Waals surface area contributed by atoms with E-state index in [0.717, 1.165) is 21.4 Å². The molecule has 1 heterocycles. The van der Waals surface area contributed by atoms with Crippen molar-refractivity contribution in [1.29, 1.82) is 0 Å². The summed E-state index contributed by atoms with van der Waals surface area (Å²) in [6.07, 6.45) is 0.931. The predicted octanol–water partition coefficient (Wildman–Crippen LogP) is 3.89. The zero-order valence-corrected chi connectivity index (χ0v) is 8.88. The van der Waals surface area contributed by atoms with Gasteiger partial charge >= 0.3 is 0 Å². The van der Waals surface area contributed by atoms with Gasteiger partial charge in [0.25, 0.3) is 0 Å². The molecule has 0 aliphatic carbocycles. The Kier molecular flexibility index (Phi) is 2.30. The zero-order valence-electron chi connectivity index (χ0n) is 7.17. The topological polar surface area (TPSA) is 0 Å². The summed E-state index contributed by atoms with van der Waals surface area (Å²) in [5, 5.41) is 0.878. The van der Waals surface area contributed by atoms with E-state index in [1.165, 1.54) is 16.9 Å². The Bertz CT molecular complexity index is 445. The van der Waals surface area contributed by atoms with Crippen LogP contribution in [0.5, 0.6) is 0 Å². The first kappa shape index (κ1) is 9.03. The summed E-state index contributed by atoms with van der Waals surface area (Å²) in [6.45, 7) is 2.07. The molecule has 0 N–H and O–H groups in total.